The molecule has 0 saturated heterocycles. The molecule has 0 amide bonds. The first-order valence-electron chi connectivity index (χ1n) is 10.5. The van der Waals surface area contributed by atoms with Gasteiger partial charge in [0.05, 0.1) is 17.8 Å². The molecule has 2 aromatic heterocycles. The van der Waals surface area contributed by atoms with Crippen molar-refractivity contribution in [1.82, 2.24) is 14.9 Å². The standard InChI is InChI=1S/C23H27N3O5.ClH/c1-4-12(2)24-11-14-8-13-9-16-18(10-17(13)26(14)3)31-7-5-6-15-20(16)25-22(28)19(21(15)27)23(29)30;/h8-10,12,24H,4-7,11H2,1-3H3,(H,29,30)(H2,25,27,28);1H. The van der Waals surface area contributed by atoms with Gasteiger partial charge in [-0.2, -0.15) is 0 Å². The third kappa shape index (κ3) is 4.08. The second-order valence-corrected chi connectivity index (χ2v) is 8.08. The van der Waals surface area contributed by atoms with Crippen LogP contribution < -0.4 is 15.6 Å². The number of H-pyrrole nitrogens is 1. The molecule has 3 aromatic rings. The predicted octanol–water partition coefficient (Wildman–Crippen LogP) is 3.57. The number of carbonyl (C=O) groups is 1. The molecule has 1 atom stereocenters. The van der Waals surface area contributed by atoms with Crippen molar-refractivity contribution in [3.05, 3.63) is 45.4 Å². The normalized spacial score (nSPS) is 13.8. The Bertz CT molecular complexity index is 1230. The lowest BCUT2D eigenvalue weighted by atomic mass is 9.96. The van der Waals surface area contributed by atoms with Crippen molar-refractivity contribution in [2.75, 3.05) is 6.61 Å². The number of ether oxygens (including phenoxy) is 1. The number of halogens is 1. The van der Waals surface area contributed by atoms with Crippen molar-refractivity contribution in [1.29, 1.82) is 0 Å². The lowest BCUT2D eigenvalue weighted by molar-refractivity contribution is 0.0691. The number of nitrogens with one attached hydrogen (secondary N) is 2. The van der Waals surface area contributed by atoms with E-state index in [9.17, 15) is 19.8 Å². The number of rotatable bonds is 5. The largest absolute Gasteiger partial charge is 0.506 e. The zero-order valence-corrected chi connectivity index (χ0v) is 19.1. The van der Waals surface area contributed by atoms with Crippen molar-refractivity contribution in [3.63, 3.8) is 0 Å². The van der Waals surface area contributed by atoms with Crippen LogP contribution in [-0.2, 0) is 20.0 Å². The lowest BCUT2D eigenvalue weighted by Crippen LogP contribution is -2.25. The van der Waals surface area contributed by atoms with E-state index in [-0.39, 0.29) is 12.4 Å². The van der Waals surface area contributed by atoms with Gasteiger partial charge in [0.2, 0.25) is 0 Å². The molecule has 0 bridgehead atoms. The molecule has 0 aliphatic carbocycles. The van der Waals surface area contributed by atoms with Gasteiger partial charge in [-0.15, -0.1) is 12.4 Å². The number of aryl methyl sites for hydroxylation is 1. The van der Waals surface area contributed by atoms with Crippen LogP contribution in [0.1, 0.15) is 48.3 Å². The summed E-state index contributed by atoms with van der Waals surface area (Å²) in [6.07, 6.45) is 2.02. The fraction of sp³-hybridized carbons (Fsp3) is 0.391. The summed E-state index contributed by atoms with van der Waals surface area (Å²) in [5.74, 6) is -1.32. The topological polar surface area (TPSA) is 117 Å². The predicted molar refractivity (Wildman–Crippen MR) is 125 cm³/mol. The number of hydrogen-bond donors (Lipinski definition) is 4. The van der Waals surface area contributed by atoms with Gasteiger partial charge in [0.15, 0.2) is 5.56 Å². The van der Waals surface area contributed by atoms with Gasteiger partial charge in [-0.3, -0.25) is 4.79 Å². The fourth-order valence-electron chi connectivity index (χ4n) is 4.06. The Morgan fingerprint density at radius 1 is 1.34 bits per heavy atom. The molecule has 4 rings (SSSR count). The fourth-order valence-corrected chi connectivity index (χ4v) is 4.06. The van der Waals surface area contributed by atoms with Gasteiger partial charge in [0.25, 0.3) is 5.56 Å². The highest BCUT2D eigenvalue weighted by atomic mass is 35.5. The van der Waals surface area contributed by atoms with E-state index in [1.54, 1.807) is 0 Å². The van der Waals surface area contributed by atoms with Crippen LogP contribution in [0.5, 0.6) is 11.5 Å². The number of hydrogen-bond acceptors (Lipinski definition) is 5. The SMILES string of the molecule is CCC(C)NCc1cc2cc3c(cc2n1C)OCCCc1c-3[nH]c(=O)c(C(=O)O)c1O.Cl. The first kappa shape index (κ1) is 23.7. The minimum absolute atomic E-state index is 0. The molecule has 1 aromatic carbocycles. The highest BCUT2D eigenvalue weighted by Gasteiger charge is 2.26. The number of aromatic carboxylic acids is 1. The molecule has 32 heavy (non-hydrogen) atoms. The van der Waals surface area contributed by atoms with Crippen molar-refractivity contribution < 1.29 is 19.7 Å². The summed E-state index contributed by atoms with van der Waals surface area (Å²) in [6, 6.07) is 6.36. The van der Waals surface area contributed by atoms with Crippen LogP contribution in [-0.4, -0.2) is 38.4 Å². The number of aromatic amines is 1. The van der Waals surface area contributed by atoms with Gasteiger partial charge in [0.1, 0.15) is 11.5 Å². The van der Waals surface area contributed by atoms with Gasteiger partial charge in [0, 0.05) is 47.9 Å². The highest BCUT2D eigenvalue weighted by molar-refractivity contribution is 5.94. The van der Waals surface area contributed by atoms with Gasteiger partial charge in [-0.05, 0) is 38.3 Å². The third-order valence-corrected chi connectivity index (χ3v) is 6.09. The Hall–Kier alpha value is -2.97. The summed E-state index contributed by atoms with van der Waals surface area (Å²) in [7, 11) is 2.01. The van der Waals surface area contributed by atoms with E-state index in [4.69, 9.17) is 4.74 Å². The minimum atomic E-state index is -1.45. The molecule has 0 spiro atoms. The van der Waals surface area contributed by atoms with E-state index in [0.717, 1.165) is 29.6 Å². The number of nitrogens with zero attached hydrogens (tertiary/aromatic N) is 1. The third-order valence-electron chi connectivity index (χ3n) is 6.09. The van der Waals surface area contributed by atoms with Crippen LogP contribution in [0.3, 0.4) is 0 Å². The first-order valence-corrected chi connectivity index (χ1v) is 10.5. The monoisotopic (exact) mass is 461 g/mol. The molecular weight excluding hydrogens is 434 g/mol. The Balaban J connectivity index is 0.00000289. The van der Waals surface area contributed by atoms with Crippen LogP contribution in [0, 0.1) is 0 Å². The van der Waals surface area contributed by atoms with E-state index >= 15 is 0 Å². The van der Waals surface area contributed by atoms with Crippen molar-refractivity contribution in [2.45, 2.75) is 45.7 Å². The summed E-state index contributed by atoms with van der Waals surface area (Å²) < 4.78 is 8.09. The maximum Gasteiger partial charge on any atom is 0.345 e. The molecule has 8 nitrogen and oxygen atoms in total. The molecule has 3 heterocycles. The Kier molecular flexibility index (Phi) is 6.85. The molecule has 9 heteroatoms. The maximum atomic E-state index is 12.4. The Morgan fingerprint density at radius 2 is 2.09 bits per heavy atom. The second-order valence-electron chi connectivity index (χ2n) is 8.08. The van der Waals surface area contributed by atoms with Crippen molar-refractivity contribution in [2.24, 2.45) is 7.05 Å². The van der Waals surface area contributed by atoms with Gasteiger partial charge >= 0.3 is 5.97 Å². The van der Waals surface area contributed by atoms with Gasteiger partial charge in [-0.1, -0.05) is 6.92 Å². The van der Waals surface area contributed by atoms with E-state index < -0.39 is 22.8 Å². The number of benzene rings is 1. The van der Waals surface area contributed by atoms with Gasteiger partial charge < -0.3 is 29.8 Å². The first-order chi connectivity index (χ1) is 14.8. The van der Waals surface area contributed by atoms with E-state index in [1.807, 2.05) is 19.2 Å². The molecule has 1 aliphatic heterocycles. The number of aromatic nitrogens is 2. The average molecular weight is 462 g/mol. The molecule has 1 aliphatic rings. The molecule has 0 fully saturated rings. The molecule has 0 saturated carbocycles. The summed E-state index contributed by atoms with van der Waals surface area (Å²) in [4.78, 5) is 26.6. The van der Waals surface area contributed by atoms with E-state index in [1.165, 1.54) is 0 Å². The number of aromatic hydroxyl groups is 1. The molecule has 0 radical (unpaired) electrons. The number of carboxylic acid groups (broad SMARTS) is 1. The van der Waals surface area contributed by atoms with Gasteiger partial charge in [-0.25, -0.2) is 4.79 Å². The average Bonchev–Trinajstić information content (AvgIpc) is 3.02. The minimum Gasteiger partial charge on any atom is -0.506 e. The maximum absolute atomic E-state index is 12.4. The highest BCUT2D eigenvalue weighted by Crippen LogP contribution is 2.40. The molecule has 1 unspecified atom stereocenters. The number of carboxylic acids is 1. The van der Waals surface area contributed by atoms with Crippen LogP contribution in [0.15, 0.2) is 23.0 Å². The molecule has 172 valence electrons. The second kappa shape index (κ2) is 9.26. The summed E-state index contributed by atoms with van der Waals surface area (Å²) in [5, 5.41) is 24.4. The Labute approximate surface area is 191 Å². The van der Waals surface area contributed by atoms with E-state index in [0.29, 0.717) is 48.1 Å². The summed E-state index contributed by atoms with van der Waals surface area (Å²) >= 11 is 0. The van der Waals surface area contributed by atoms with Crippen molar-refractivity contribution >= 4 is 29.3 Å². The lowest BCUT2D eigenvalue weighted by Gasteiger charge is -2.20. The quantitative estimate of drug-likeness (QED) is 0.461. The van der Waals surface area contributed by atoms with Crippen LogP contribution in [0.25, 0.3) is 22.2 Å². The summed E-state index contributed by atoms with van der Waals surface area (Å²) in [5.41, 5.74) is 2.13. The van der Waals surface area contributed by atoms with E-state index in [2.05, 4.69) is 34.8 Å². The zero-order chi connectivity index (χ0) is 22.3. The van der Waals surface area contributed by atoms with Crippen LogP contribution in [0.4, 0.5) is 0 Å². The summed E-state index contributed by atoms with van der Waals surface area (Å²) in [6.45, 7) is 5.43. The number of fused-ring (bicyclic) bond motifs is 4. The smallest absolute Gasteiger partial charge is 0.345 e. The van der Waals surface area contributed by atoms with Crippen LogP contribution >= 0.6 is 12.4 Å². The molecular formula is C23H28ClN3O5. The number of pyridine rings is 1. The van der Waals surface area contributed by atoms with Crippen LogP contribution in [0.2, 0.25) is 0 Å². The van der Waals surface area contributed by atoms with Crippen molar-refractivity contribution in [3.8, 4) is 22.8 Å². The Morgan fingerprint density at radius 3 is 2.78 bits per heavy atom. The zero-order valence-electron chi connectivity index (χ0n) is 18.3. The molecule has 4 N–H and O–H groups in total.